The van der Waals surface area contributed by atoms with Crippen LogP contribution in [0.4, 0.5) is 11.4 Å². The molecule has 1 aliphatic rings. The second-order valence-corrected chi connectivity index (χ2v) is 10.1. The number of hydrogen-bond donors (Lipinski definition) is 1. The third kappa shape index (κ3) is 4.73. The van der Waals surface area contributed by atoms with Crippen LogP contribution in [-0.4, -0.2) is 38.2 Å². The number of ether oxygens (including phenoxy) is 2. The minimum Gasteiger partial charge on any atom is -0.466 e. The third-order valence-electron chi connectivity index (χ3n) is 5.38. The van der Waals surface area contributed by atoms with Crippen LogP contribution >= 0.6 is 7.36 Å². The average molecular weight is 455 g/mol. The predicted octanol–water partition coefficient (Wildman–Crippen LogP) is 5.27. The summed E-state index contributed by atoms with van der Waals surface area (Å²) in [6.45, 7) is 9.28. The van der Waals surface area contributed by atoms with Crippen molar-refractivity contribution in [1.82, 2.24) is 0 Å². The Labute approximate surface area is 189 Å². The van der Waals surface area contributed by atoms with Gasteiger partial charge in [-0.1, -0.05) is 43.0 Å². The van der Waals surface area contributed by atoms with Gasteiger partial charge in [0.2, 0.25) is 0 Å². The molecular weight excluding hydrogens is 425 g/mol. The van der Waals surface area contributed by atoms with E-state index in [0.29, 0.717) is 18.4 Å². The van der Waals surface area contributed by atoms with E-state index in [1.165, 1.54) is 0 Å². The lowest BCUT2D eigenvalue weighted by molar-refractivity contribution is -0.153. The Kier molecular flexibility index (Phi) is 7.75. The maximum Gasteiger partial charge on any atom is 0.314 e. The van der Waals surface area contributed by atoms with E-state index in [0.717, 1.165) is 11.4 Å². The molecule has 0 radical (unpaired) electrons. The summed E-state index contributed by atoms with van der Waals surface area (Å²) in [7, 11) is -3.07. The first-order chi connectivity index (χ1) is 15.4. The zero-order valence-electron chi connectivity index (χ0n) is 18.6. The monoisotopic (exact) mass is 455 g/mol. The van der Waals surface area contributed by atoms with E-state index in [2.05, 4.69) is 6.58 Å². The first kappa shape index (κ1) is 23.6. The van der Waals surface area contributed by atoms with Crippen molar-refractivity contribution in [3.8, 4) is 0 Å². The molecule has 0 amide bonds. The van der Waals surface area contributed by atoms with Crippen molar-refractivity contribution in [3.63, 3.8) is 0 Å². The van der Waals surface area contributed by atoms with Gasteiger partial charge in [-0.15, -0.1) is 0 Å². The molecule has 8 heteroatoms. The van der Waals surface area contributed by atoms with Gasteiger partial charge in [-0.05, 0) is 38.1 Å². The van der Waals surface area contributed by atoms with E-state index in [-0.39, 0.29) is 19.6 Å². The molecular formula is C24H30N3O4P. The number of esters is 2. The number of benzene rings is 2. The van der Waals surface area contributed by atoms with Gasteiger partial charge in [0.25, 0.3) is 0 Å². The molecule has 1 saturated heterocycles. The molecule has 7 nitrogen and oxygen atoms in total. The predicted molar refractivity (Wildman–Crippen MR) is 128 cm³/mol. The molecule has 0 spiro atoms. The summed E-state index contributed by atoms with van der Waals surface area (Å²) in [4.78, 5) is 25.3. The number of hydrogen-bond acceptors (Lipinski definition) is 5. The van der Waals surface area contributed by atoms with Crippen LogP contribution < -0.4 is 9.34 Å². The van der Waals surface area contributed by atoms with Gasteiger partial charge < -0.3 is 18.8 Å². The van der Waals surface area contributed by atoms with Crippen LogP contribution in [0.1, 0.15) is 20.3 Å². The van der Waals surface area contributed by atoms with Gasteiger partial charge in [-0.3, -0.25) is 14.8 Å². The summed E-state index contributed by atoms with van der Waals surface area (Å²) in [5.41, 5.74) is 1.77. The second-order valence-electron chi connectivity index (χ2n) is 7.32. The number of carbonyl (C=O) groups is 2. The van der Waals surface area contributed by atoms with Crippen LogP contribution in [0.3, 0.4) is 0 Å². The maximum atomic E-state index is 12.9. The van der Waals surface area contributed by atoms with Crippen molar-refractivity contribution in [3.05, 3.63) is 72.6 Å². The molecule has 3 rings (SSSR count). The number of nitrogens with one attached hydrogen (secondary N) is 1. The molecule has 0 saturated carbocycles. The van der Waals surface area contributed by atoms with Crippen molar-refractivity contribution >= 4 is 30.7 Å². The van der Waals surface area contributed by atoms with Crippen molar-refractivity contribution < 1.29 is 19.1 Å². The van der Waals surface area contributed by atoms with E-state index in [1.807, 2.05) is 70.0 Å². The van der Waals surface area contributed by atoms with Crippen molar-refractivity contribution in [1.29, 1.82) is 5.16 Å². The summed E-state index contributed by atoms with van der Waals surface area (Å²) in [6, 6.07) is 19.4. The molecule has 2 aromatic carbocycles. The van der Waals surface area contributed by atoms with Crippen LogP contribution in [0.25, 0.3) is 0 Å². The molecule has 1 atom stereocenters. The maximum absolute atomic E-state index is 12.9. The molecule has 32 heavy (non-hydrogen) atoms. The molecule has 0 aliphatic carbocycles. The van der Waals surface area contributed by atoms with E-state index in [9.17, 15) is 14.8 Å². The van der Waals surface area contributed by atoms with Crippen LogP contribution in [0.5, 0.6) is 0 Å². The summed E-state index contributed by atoms with van der Waals surface area (Å²) < 4.78 is 14.4. The fourth-order valence-corrected chi connectivity index (χ4v) is 7.10. The highest BCUT2D eigenvalue weighted by atomic mass is 31.2. The Morgan fingerprint density at radius 2 is 1.41 bits per heavy atom. The lowest BCUT2D eigenvalue weighted by Crippen LogP contribution is -2.29. The molecule has 1 N–H and O–H groups in total. The number of nitrogens with zero attached hydrogens (tertiary/aromatic N) is 2. The quantitative estimate of drug-likeness (QED) is 0.410. The van der Waals surface area contributed by atoms with E-state index < -0.39 is 25.2 Å². The van der Waals surface area contributed by atoms with Gasteiger partial charge in [0.1, 0.15) is 0 Å². The van der Waals surface area contributed by atoms with Crippen LogP contribution in [0.15, 0.2) is 72.6 Å². The van der Waals surface area contributed by atoms with E-state index in [4.69, 9.17) is 9.47 Å². The summed E-state index contributed by atoms with van der Waals surface area (Å²) in [5.74, 6) is -2.02. The van der Waals surface area contributed by atoms with Gasteiger partial charge in [-0.2, -0.15) is 0 Å². The first-order valence-electron chi connectivity index (χ1n) is 10.7. The fraction of sp³-hybridized carbons (Fsp3) is 0.333. The number of rotatable bonds is 9. The summed E-state index contributed by atoms with van der Waals surface area (Å²) in [6.07, 6.45) is -0.197. The highest BCUT2D eigenvalue weighted by Crippen LogP contribution is 2.67. The molecule has 1 unspecified atom stereocenters. The van der Waals surface area contributed by atoms with Crippen molar-refractivity contribution in [2.45, 2.75) is 20.3 Å². The normalized spacial score (nSPS) is 15.8. The smallest absolute Gasteiger partial charge is 0.314 e. The Morgan fingerprint density at radius 1 is 0.938 bits per heavy atom. The van der Waals surface area contributed by atoms with Crippen molar-refractivity contribution in [2.75, 3.05) is 35.6 Å². The van der Waals surface area contributed by atoms with Gasteiger partial charge in [0, 0.05) is 29.8 Å². The lowest BCUT2D eigenvalue weighted by atomic mass is 10.1. The van der Waals surface area contributed by atoms with Crippen LogP contribution in [0.2, 0.25) is 0 Å². The Balaban J connectivity index is 2.08. The summed E-state index contributed by atoms with van der Waals surface area (Å²) >= 11 is 0. The van der Waals surface area contributed by atoms with Gasteiger partial charge in [0.05, 0.1) is 25.6 Å². The molecule has 1 fully saturated rings. The fourth-order valence-electron chi connectivity index (χ4n) is 3.90. The van der Waals surface area contributed by atoms with Gasteiger partial charge >= 0.3 is 11.9 Å². The van der Waals surface area contributed by atoms with E-state index >= 15 is 0 Å². The van der Waals surface area contributed by atoms with Gasteiger partial charge in [-0.25, -0.2) is 0 Å². The zero-order valence-corrected chi connectivity index (χ0v) is 19.5. The molecule has 1 aliphatic heterocycles. The third-order valence-corrected chi connectivity index (χ3v) is 8.75. The lowest BCUT2D eigenvalue weighted by Gasteiger charge is -2.39. The van der Waals surface area contributed by atoms with Crippen LogP contribution in [0, 0.1) is 11.1 Å². The number of para-hydroxylation sites is 2. The standard InChI is InChI=1S/C24H30N3O4P/c1-4-30-23(28)18-22(24(29)31-5-2)19(3)32(25)26(20-12-8-6-9-13-20)16-17-27(32)21-14-10-7-11-15-21/h6-15,22,25H,3-5,16-18H2,1-2H3. The molecule has 170 valence electrons. The highest BCUT2D eigenvalue weighted by molar-refractivity contribution is 7.72. The molecule has 1 heterocycles. The largest absolute Gasteiger partial charge is 0.466 e. The Morgan fingerprint density at radius 3 is 1.84 bits per heavy atom. The second kappa shape index (κ2) is 10.5. The Bertz CT molecular complexity index is 945. The van der Waals surface area contributed by atoms with Crippen LogP contribution in [-0.2, 0) is 19.1 Å². The summed E-state index contributed by atoms with van der Waals surface area (Å²) in [5, 5.41) is 10.2. The minimum absolute atomic E-state index is 0.180. The highest BCUT2D eigenvalue weighted by Gasteiger charge is 2.46. The van der Waals surface area contributed by atoms with Gasteiger partial charge in [0.15, 0.2) is 7.36 Å². The molecule has 0 bridgehead atoms. The number of carbonyl (C=O) groups excluding carboxylic acids is 2. The van der Waals surface area contributed by atoms with E-state index in [1.54, 1.807) is 13.8 Å². The SMILES string of the molecule is C=C(C(CC(=O)OCC)C(=O)OCC)P1(=N)N(c2ccccc2)CCN1c1ccccc1. The Hall–Kier alpha value is -3.05. The average Bonchev–Trinajstić information content (AvgIpc) is 3.16. The topological polar surface area (TPSA) is 82.9 Å². The zero-order chi connectivity index (χ0) is 23.1. The molecule has 2 aromatic rings. The minimum atomic E-state index is -3.07. The molecule has 0 aromatic heterocycles. The number of anilines is 2. The van der Waals surface area contributed by atoms with Crippen molar-refractivity contribution in [2.24, 2.45) is 5.92 Å². The first-order valence-corrected chi connectivity index (χ1v) is 12.4.